The number of Topliss-reactive ketones (excluding diaryl/α,β-unsaturated/α-hetero) is 1. The lowest BCUT2D eigenvalue weighted by atomic mass is 9.45. The summed E-state index contributed by atoms with van der Waals surface area (Å²) in [4.78, 5) is 13.7. The first-order valence-corrected chi connectivity index (χ1v) is 12.7. The Morgan fingerprint density at radius 2 is 1.91 bits per heavy atom. The van der Waals surface area contributed by atoms with Crippen molar-refractivity contribution < 1.29 is 19.0 Å². The molecule has 4 fully saturated rings. The van der Waals surface area contributed by atoms with Crippen molar-refractivity contribution in [2.45, 2.75) is 71.6 Å². The topological polar surface area (TPSA) is 44.8 Å². The first-order chi connectivity index (χ1) is 15.4. The number of carbonyl (C=O) groups is 1. The fourth-order valence-corrected chi connectivity index (χ4v) is 8.53. The van der Waals surface area contributed by atoms with Crippen LogP contribution in [0.4, 0.5) is 0 Å². The van der Waals surface area contributed by atoms with Gasteiger partial charge in [-0.3, -0.25) is 4.79 Å². The Balaban J connectivity index is 1.32. The first kappa shape index (κ1) is 20.6. The van der Waals surface area contributed by atoms with Crippen LogP contribution in [0.3, 0.4) is 0 Å². The maximum atomic E-state index is 13.7. The second-order valence-corrected chi connectivity index (χ2v) is 11.5. The fourth-order valence-electron chi connectivity index (χ4n) is 8.53. The van der Waals surface area contributed by atoms with Crippen LogP contribution >= 0.6 is 0 Å². The van der Waals surface area contributed by atoms with Gasteiger partial charge < -0.3 is 14.2 Å². The molecule has 0 amide bonds. The highest BCUT2D eigenvalue weighted by molar-refractivity contribution is 6.06. The minimum atomic E-state index is -0.189. The zero-order valence-electron chi connectivity index (χ0n) is 19.7. The minimum Gasteiger partial charge on any atom is -0.493 e. The van der Waals surface area contributed by atoms with E-state index in [2.05, 4.69) is 19.9 Å². The van der Waals surface area contributed by atoms with Crippen molar-refractivity contribution in [1.82, 2.24) is 0 Å². The largest absolute Gasteiger partial charge is 0.493 e. The van der Waals surface area contributed by atoms with E-state index in [4.69, 9.17) is 14.2 Å². The normalized spacial score (nSPS) is 41.2. The Bertz CT molecular complexity index is 980. The molecule has 4 heteroatoms. The SMILES string of the molecule is COc1cc(/C=C2\C[C@@H]3[C@@H]4CC[C@H]5CCCC[C@]5(C)[C@@H]4CC[C@]3(C)C2=O)cc2c1OCO2. The average molecular weight is 437 g/mol. The average Bonchev–Trinajstić information content (AvgIpc) is 3.36. The van der Waals surface area contributed by atoms with Crippen molar-refractivity contribution >= 4 is 11.9 Å². The van der Waals surface area contributed by atoms with Crippen molar-refractivity contribution in [1.29, 1.82) is 0 Å². The second kappa shape index (κ2) is 7.27. The van der Waals surface area contributed by atoms with Gasteiger partial charge in [-0.2, -0.15) is 0 Å². The van der Waals surface area contributed by atoms with Crippen molar-refractivity contribution in [2.24, 2.45) is 34.5 Å². The predicted octanol–water partition coefficient (Wildman–Crippen LogP) is 6.42. The number of rotatable bonds is 2. The van der Waals surface area contributed by atoms with Gasteiger partial charge in [0.25, 0.3) is 0 Å². The Morgan fingerprint density at radius 1 is 1.03 bits per heavy atom. The lowest BCUT2D eigenvalue weighted by Crippen LogP contribution is -2.52. The summed E-state index contributed by atoms with van der Waals surface area (Å²) >= 11 is 0. The van der Waals surface area contributed by atoms with Crippen LogP contribution in [0.2, 0.25) is 0 Å². The van der Waals surface area contributed by atoms with Gasteiger partial charge in [0, 0.05) is 5.41 Å². The molecular weight excluding hydrogens is 400 g/mol. The molecule has 5 aliphatic rings. The molecule has 0 unspecified atom stereocenters. The van der Waals surface area contributed by atoms with Gasteiger partial charge in [-0.1, -0.05) is 26.7 Å². The lowest BCUT2D eigenvalue weighted by molar-refractivity contribution is -0.137. The molecular formula is C28H36O4. The Kier molecular flexibility index (Phi) is 4.68. The molecule has 6 atom stereocenters. The number of allylic oxidation sites excluding steroid dienone is 1. The monoisotopic (exact) mass is 436 g/mol. The first-order valence-electron chi connectivity index (χ1n) is 12.7. The molecule has 0 N–H and O–H groups in total. The van der Waals surface area contributed by atoms with E-state index >= 15 is 0 Å². The van der Waals surface area contributed by atoms with Gasteiger partial charge in [0.1, 0.15) is 0 Å². The van der Waals surface area contributed by atoms with Gasteiger partial charge in [0.2, 0.25) is 12.5 Å². The highest BCUT2D eigenvalue weighted by Crippen LogP contribution is 2.66. The molecule has 0 spiro atoms. The Hall–Kier alpha value is -1.97. The fraction of sp³-hybridized carbons (Fsp3) is 0.679. The van der Waals surface area contributed by atoms with E-state index in [-0.39, 0.29) is 12.2 Å². The standard InChI is InChI=1S/C28H36O4/c1-27-10-5-4-6-19(27)7-8-20-21(27)9-11-28(2)22(20)15-18(26(28)29)12-17-13-23(30-3)25-24(14-17)31-16-32-25/h12-14,19-22H,4-11,15-16H2,1-3H3/b18-12+/t19-,20-,21-,22-,27+,28+/m1/s1. The summed E-state index contributed by atoms with van der Waals surface area (Å²) in [5.41, 5.74) is 2.28. The summed E-state index contributed by atoms with van der Waals surface area (Å²) in [7, 11) is 1.65. The molecule has 1 aromatic rings. The number of ether oxygens (including phenoxy) is 3. The molecule has 172 valence electrons. The second-order valence-electron chi connectivity index (χ2n) is 11.5. The third-order valence-corrected chi connectivity index (χ3v) is 10.2. The molecule has 6 rings (SSSR count). The molecule has 0 aromatic heterocycles. The summed E-state index contributed by atoms with van der Waals surface area (Å²) < 4.78 is 16.7. The number of methoxy groups -OCH3 is 1. The number of hydrogen-bond acceptors (Lipinski definition) is 4. The van der Waals surface area contributed by atoms with Crippen LogP contribution in [0.25, 0.3) is 6.08 Å². The lowest BCUT2D eigenvalue weighted by Gasteiger charge is -2.59. The summed E-state index contributed by atoms with van der Waals surface area (Å²) in [6, 6.07) is 3.95. The van der Waals surface area contributed by atoms with Gasteiger partial charge in [0.05, 0.1) is 7.11 Å². The van der Waals surface area contributed by atoms with Crippen molar-refractivity contribution in [3.05, 3.63) is 23.3 Å². The Morgan fingerprint density at radius 3 is 2.75 bits per heavy atom. The zero-order valence-corrected chi connectivity index (χ0v) is 19.7. The van der Waals surface area contributed by atoms with Crippen LogP contribution in [0.5, 0.6) is 17.2 Å². The van der Waals surface area contributed by atoms with E-state index in [9.17, 15) is 4.79 Å². The van der Waals surface area contributed by atoms with Gasteiger partial charge >= 0.3 is 0 Å². The highest BCUT2D eigenvalue weighted by atomic mass is 16.7. The molecule has 4 saturated carbocycles. The molecule has 1 aromatic carbocycles. The van der Waals surface area contributed by atoms with Gasteiger partial charge in [-0.15, -0.1) is 0 Å². The van der Waals surface area contributed by atoms with Crippen molar-refractivity contribution in [2.75, 3.05) is 13.9 Å². The van der Waals surface area contributed by atoms with Gasteiger partial charge in [0.15, 0.2) is 17.3 Å². The summed E-state index contributed by atoms with van der Waals surface area (Å²) in [5.74, 6) is 5.33. The highest BCUT2D eigenvalue weighted by Gasteiger charge is 2.60. The number of fused-ring (bicyclic) bond motifs is 6. The van der Waals surface area contributed by atoms with Crippen LogP contribution < -0.4 is 14.2 Å². The van der Waals surface area contributed by atoms with Crippen LogP contribution in [-0.2, 0) is 4.79 Å². The zero-order chi connectivity index (χ0) is 22.1. The maximum absolute atomic E-state index is 13.7. The molecule has 4 nitrogen and oxygen atoms in total. The summed E-state index contributed by atoms with van der Waals surface area (Å²) in [6.07, 6.45) is 13.7. The van der Waals surface area contributed by atoms with Crippen molar-refractivity contribution in [3.8, 4) is 17.2 Å². The number of carbonyl (C=O) groups excluding carboxylic acids is 1. The van der Waals surface area contributed by atoms with E-state index in [0.717, 1.165) is 35.8 Å². The molecule has 0 bridgehead atoms. The van der Waals surface area contributed by atoms with E-state index in [1.54, 1.807) is 7.11 Å². The number of ketones is 1. The third-order valence-electron chi connectivity index (χ3n) is 10.2. The number of benzene rings is 1. The quantitative estimate of drug-likeness (QED) is 0.502. The molecule has 32 heavy (non-hydrogen) atoms. The van der Waals surface area contributed by atoms with Crippen molar-refractivity contribution in [3.63, 3.8) is 0 Å². The van der Waals surface area contributed by atoms with Crippen LogP contribution in [0, 0.1) is 34.5 Å². The van der Waals surface area contributed by atoms with Crippen LogP contribution in [-0.4, -0.2) is 19.7 Å². The van der Waals surface area contributed by atoms with E-state index in [1.165, 1.54) is 44.9 Å². The van der Waals surface area contributed by atoms with E-state index in [1.807, 2.05) is 12.1 Å². The molecule has 4 aliphatic carbocycles. The van der Waals surface area contributed by atoms with E-state index in [0.29, 0.717) is 40.3 Å². The summed E-state index contributed by atoms with van der Waals surface area (Å²) in [6.45, 7) is 5.09. The van der Waals surface area contributed by atoms with Crippen LogP contribution in [0.15, 0.2) is 17.7 Å². The molecule has 0 radical (unpaired) electrons. The molecule has 0 saturated heterocycles. The van der Waals surface area contributed by atoms with Gasteiger partial charge in [-0.05, 0) is 103 Å². The van der Waals surface area contributed by atoms with Crippen LogP contribution in [0.1, 0.15) is 77.2 Å². The molecule has 1 aliphatic heterocycles. The third kappa shape index (κ3) is 2.83. The smallest absolute Gasteiger partial charge is 0.231 e. The molecule has 1 heterocycles. The minimum absolute atomic E-state index is 0.189. The summed E-state index contributed by atoms with van der Waals surface area (Å²) in [5, 5.41) is 0. The van der Waals surface area contributed by atoms with E-state index < -0.39 is 0 Å². The number of hydrogen-bond donors (Lipinski definition) is 0. The maximum Gasteiger partial charge on any atom is 0.231 e. The predicted molar refractivity (Wildman–Crippen MR) is 124 cm³/mol. The van der Waals surface area contributed by atoms with Gasteiger partial charge in [-0.25, -0.2) is 0 Å². The Labute approximate surface area is 191 Å².